The van der Waals surface area contributed by atoms with Crippen molar-refractivity contribution >= 4 is 31.4 Å². The van der Waals surface area contributed by atoms with Crippen LogP contribution in [0.5, 0.6) is 5.75 Å². The molecular weight excluding hydrogens is 508 g/mol. The number of thiophene rings is 1. The first kappa shape index (κ1) is 25.6. The standard InChI is InChI=1S/C27H30N4O4S2/c1-19(20-7-5-4-6-8-20)35-22-13-21(15-28-16-22)25-18-29(2)27(32)24-14-23(36-26(24)25)17-30-9-11-31(12-10-30)37(3,33)34/h4-8,13-16,18-19H,9-12,17H2,1-3H3. The zero-order chi connectivity index (χ0) is 26.2. The number of piperazine rings is 1. The summed E-state index contributed by atoms with van der Waals surface area (Å²) in [7, 11) is -1.41. The summed E-state index contributed by atoms with van der Waals surface area (Å²) >= 11 is 1.60. The Hall–Kier alpha value is -3.05. The van der Waals surface area contributed by atoms with Crippen molar-refractivity contribution in [1.82, 2.24) is 18.8 Å². The summed E-state index contributed by atoms with van der Waals surface area (Å²) in [5.41, 5.74) is 2.85. The van der Waals surface area contributed by atoms with Crippen LogP contribution in [0, 0.1) is 0 Å². The molecule has 1 saturated heterocycles. The molecule has 0 amide bonds. The highest BCUT2D eigenvalue weighted by molar-refractivity contribution is 7.88. The van der Waals surface area contributed by atoms with Crippen LogP contribution in [0.2, 0.25) is 0 Å². The Morgan fingerprint density at radius 2 is 1.81 bits per heavy atom. The maximum Gasteiger partial charge on any atom is 0.259 e. The minimum absolute atomic E-state index is 0.0405. The lowest BCUT2D eigenvalue weighted by Gasteiger charge is -2.32. The SMILES string of the molecule is CC(Oc1cncc(-c2cn(C)c(=O)c3cc(CN4CCN(S(C)(=O)=O)CC4)sc23)c1)c1ccccc1. The summed E-state index contributed by atoms with van der Waals surface area (Å²) in [6.45, 7) is 4.97. The molecule has 0 spiro atoms. The summed E-state index contributed by atoms with van der Waals surface area (Å²) in [5, 5.41) is 0.679. The molecule has 194 valence electrons. The number of hydrogen-bond donors (Lipinski definition) is 0. The Morgan fingerprint density at radius 1 is 1.08 bits per heavy atom. The van der Waals surface area contributed by atoms with E-state index in [1.165, 1.54) is 10.6 Å². The fourth-order valence-electron chi connectivity index (χ4n) is 4.65. The van der Waals surface area contributed by atoms with Gasteiger partial charge in [0.15, 0.2) is 0 Å². The fourth-order valence-corrected chi connectivity index (χ4v) is 6.70. The predicted molar refractivity (Wildman–Crippen MR) is 147 cm³/mol. The van der Waals surface area contributed by atoms with E-state index in [2.05, 4.69) is 9.88 Å². The van der Waals surface area contributed by atoms with E-state index in [1.807, 2.05) is 55.6 Å². The van der Waals surface area contributed by atoms with Crippen molar-refractivity contribution in [3.8, 4) is 16.9 Å². The van der Waals surface area contributed by atoms with E-state index in [4.69, 9.17) is 4.74 Å². The first-order chi connectivity index (χ1) is 17.7. The maximum absolute atomic E-state index is 13.0. The quantitative estimate of drug-likeness (QED) is 0.355. The number of benzene rings is 1. The average molecular weight is 539 g/mol. The monoisotopic (exact) mass is 538 g/mol. The molecule has 5 rings (SSSR count). The average Bonchev–Trinajstić information content (AvgIpc) is 3.30. The molecule has 1 aliphatic heterocycles. The van der Waals surface area contributed by atoms with Crippen LogP contribution >= 0.6 is 11.3 Å². The molecule has 37 heavy (non-hydrogen) atoms. The zero-order valence-corrected chi connectivity index (χ0v) is 22.8. The third-order valence-corrected chi connectivity index (χ3v) is 9.14. The second kappa shape index (κ2) is 10.4. The van der Waals surface area contributed by atoms with Gasteiger partial charge in [-0.1, -0.05) is 30.3 Å². The topological polar surface area (TPSA) is 84.7 Å². The minimum Gasteiger partial charge on any atom is -0.484 e. The predicted octanol–water partition coefficient (Wildman–Crippen LogP) is 3.88. The number of rotatable bonds is 7. The lowest BCUT2D eigenvalue weighted by Crippen LogP contribution is -2.47. The van der Waals surface area contributed by atoms with E-state index in [9.17, 15) is 13.2 Å². The molecule has 10 heteroatoms. The van der Waals surface area contributed by atoms with Gasteiger partial charge in [-0.05, 0) is 24.6 Å². The molecule has 0 N–H and O–H groups in total. The molecule has 1 atom stereocenters. The highest BCUT2D eigenvalue weighted by atomic mass is 32.2. The number of fused-ring (bicyclic) bond motifs is 1. The summed E-state index contributed by atoms with van der Waals surface area (Å²) in [4.78, 5) is 20.7. The van der Waals surface area contributed by atoms with Crippen molar-refractivity contribution in [3.63, 3.8) is 0 Å². The Kier molecular flexibility index (Phi) is 7.17. The van der Waals surface area contributed by atoms with Crippen molar-refractivity contribution in [2.24, 2.45) is 7.05 Å². The summed E-state index contributed by atoms with van der Waals surface area (Å²) in [6.07, 6.45) is 6.48. The first-order valence-electron chi connectivity index (χ1n) is 12.2. The van der Waals surface area contributed by atoms with Gasteiger partial charge in [0.05, 0.1) is 17.8 Å². The van der Waals surface area contributed by atoms with Crippen LogP contribution in [0.15, 0.2) is 65.8 Å². The maximum atomic E-state index is 13.0. The number of hydrogen-bond acceptors (Lipinski definition) is 7. The molecule has 4 heterocycles. The van der Waals surface area contributed by atoms with Crippen LogP contribution in [-0.2, 0) is 23.6 Å². The van der Waals surface area contributed by atoms with Crippen LogP contribution in [0.3, 0.4) is 0 Å². The van der Waals surface area contributed by atoms with Gasteiger partial charge in [-0.2, -0.15) is 4.31 Å². The smallest absolute Gasteiger partial charge is 0.259 e. The van der Waals surface area contributed by atoms with Crippen LogP contribution in [0.4, 0.5) is 0 Å². The molecule has 4 aromatic rings. The van der Waals surface area contributed by atoms with Gasteiger partial charge in [0.1, 0.15) is 11.9 Å². The van der Waals surface area contributed by atoms with Gasteiger partial charge in [0.2, 0.25) is 10.0 Å². The minimum atomic E-state index is -3.17. The lowest BCUT2D eigenvalue weighted by atomic mass is 10.1. The Bertz CT molecular complexity index is 1570. The first-order valence-corrected chi connectivity index (χ1v) is 14.8. The molecule has 3 aromatic heterocycles. The molecular formula is C27H30N4O4S2. The molecule has 0 saturated carbocycles. The normalized spacial score (nSPS) is 16.2. The number of pyridine rings is 2. The highest BCUT2D eigenvalue weighted by Crippen LogP contribution is 2.35. The second-order valence-electron chi connectivity index (χ2n) is 9.43. The Balaban J connectivity index is 1.41. The van der Waals surface area contributed by atoms with Gasteiger partial charge >= 0.3 is 0 Å². The highest BCUT2D eigenvalue weighted by Gasteiger charge is 2.24. The van der Waals surface area contributed by atoms with E-state index in [0.29, 0.717) is 43.9 Å². The van der Waals surface area contributed by atoms with E-state index in [0.717, 1.165) is 26.3 Å². The Labute approximate surface area is 220 Å². The molecule has 1 aromatic carbocycles. The third kappa shape index (κ3) is 5.62. The molecule has 8 nitrogen and oxygen atoms in total. The van der Waals surface area contributed by atoms with Crippen molar-refractivity contribution in [2.45, 2.75) is 19.6 Å². The summed E-state index contributed by atoms with van der Waals surface area (Å²) in [6, 6.07) is 14.0. The molecule has 0 bridgehead atoms. The second-order valence-corrected chi connectivity index (χ2v) is 12.6. The molecule has 0 aliphatic carbocycles. The van der Waals surface area contributed by atoms with Crippen molar-refractivity contribution in [2.75, 3.05) is 32.4 Å². The number of aromatic nitrogens is 2. The van der Waals surface area contributed by atoms with E-state index >= 15 is 0 Å². The largest absolute Gasteiger partial charge is 0.484 e. The van der Waals surface area contributed by atoms with Crippen molar-refractivity contribution < 1.29 is 13.2 Å². The van der Waals surface area contributed by atoms with Gasteiger partial charge in [-0.25, -0.2) is 8.42 Å². The summed E-state index contributed by atoms with van der Waals surface area (Å²) in [5.74, 6) is 0.663. The van der Waals surface area contributed by atoms with Crippen molar-refractivity contribution in [1.29, 1.82) is 0 Å². The fraction of sp³-hybridized carbons (Fsp3) is 0.333. The molecule has 1 unspecified atom stereocenters. The zero-order valence-electron chi connectivity index (χ0n) is 21.1. The van der Waals surface area contributed by atoms with Crippen LogP contribution in [0.1, 0.15) is 23.5 Å². The number of aryl methyl sites for hydroxylation is 1. The van der Waals surface area contributed by atoms with Gasteiger partial charge in [-0.3, -0.25) is 14.7 Å². The number of sulfonamides is 1. The number of ether oxygens (including phenoxy) is 1. The van der Waals surface area contributed by atoms with Crippen LogP contribution in [0.25, 0.3) is 21.2 Å². The van der Waals surface area contributed by atoms with E-state index in [1.54, 1.807) is 35.3 Å². The lowest BCUT2D eigenvalue weighted by molar-refractivity contribution is 0.183. The summed E-state index contributed by atoms with van der Waals surface area (Å²) < 4.78 is 33.9. The van der Waals surface area contributed by atoms with Crippen LogP contribution in [-0.4, -0.2) is 59.6 Å². The third-order valence-electron chi connectivity index (χ3n) is 6.69. The molecule has 1 aliphatic rings. The van der Waals surface area contributed by atoms with Crippen molar-refractivity contribution in [3.05, 3.63) is 81.8 Å². The van der Waals surface area contributed by atoms with Crippen LogP contribution < -0.4 is 10.3 Å². The molecule has 1 fully saturated rings. The van der Waals surface area contributed by atoms with E-state index < -0.39 is 10.0 Å². The van der Waals surface area contributed by atoms with Gasteiger partial charge in [-0.15, -0.1) is 11.3 Å². The Morgan fingerprint density at radius 3 is 2.51 bits per heavy atom. The number of nitrogens with zero attached hydrogens (tertiary/aromatic N) is 4. The molecule has 0 radical (unpaired) electrons. The van der Waals surface area contributed by atoms with Gasteiger partial charge in [0.25, 0.3) is 5.56 Å². The van der Waals surface area contributed by atoms with Gasteiger partial charge < -0.3 is 9.30 Å². The van der Waals surface area contributed by atoms with E-state index in [-0.39, 0.29) is 11.7 Å². The van der Waals surface area contributed by atoms with Gasteiger partial charge in [0, 0.05) is 72.9 Å².